The first-order chi connectivity index (χ1) is 8.47. The van der Waals surface area contributed by atoms with E-state index in [1.807, 2.05) is 13.8 Å². The van der Waals surface area contributed by atoms with Gasteiger partial charge in [0.15, 0.2) is 0 Å². The maximum absolute atomic E-state index is 12.5. The van der Waals surface area contributed by atoms with E-state index in [0.717, 1.165) is 25.7 Å². The Morgan fingerprint density at radius 1 is 1.39 bits per heavy atom. The summed E-state index contributed by atoms with van der Waals surface area (Å²) in [5.41, 5.74) is 5.66. The highest BCUT2D eigenvalue weighted by Gasteiger charge is 2.33. The molecule has 1 unspecified atom stereocenters. The van der Waals surface area contributed by atoms with E-state index in [-0.39, 0.29) is 6.04 Å². The molecule has 0 saturated carbocycles. The Kier molecular flexibility index (Phi) is 6.04. The zero-order chi connectivity index (χ0) is 13.8. The zero-order valence-corrected chi connectivity index (χ0v) is 12.6. The summed E-state index contributed by atoms with van der Waals surface area (Å²) in [6.07, 6.45) is 3.65. The van der Waals surface area contributed by atoms with Crippen LogP contribution >= 0.6 is 0 Å². The molecule has 0 bridgehead atoms. The standard InChI is InChI=1S/C12H27N3O2S/c1-4-12(5-2)14(3)18(16,17)15-8-6-7-11(9-13)10-15/h11-12H,4-10,13H2,1-3H3. The van der Waals surface area contributed by atoms with Crippen molar-refractivity contribution < 1.29 is 8.42 Å². The average Bonchev–Trinajstić information content (AvgIpc) is 2.40. The quantitative estimate of drug-likeness (QED) is 0.788. The molecule has 6 heteroatoms. The van der Waals surface area contributed by atoms with Crippen LogP contribution in [-0.4, -0.2) is 49.8 Å². The fourth-order valence-corrected chi connectivity index (χ4v) is 4.40. The molecule has 0 aromatic carbocycles. The van der Waals surface area contributed by atoms with Gasteiger partial charge in [-0.2, -0.15) is 17.0 Å². The second kappa shape index (κ2) is 6.84. The van der Waals surface area contributed by atoms with E-state index in [9.17, 15) is 8.42 Å². The van der Waals surface area contributed by atoms with E-state index < -0.39 is 10.2 Å². The summed E-state index contributed by atoms with van der Waals surface area (Å²) >= 11 is 0. The van der Waals surface area contributed by atoms with Gasteiger partial charge in [-0.05, 0) is 38.1 Å². The number of piperidine rings is 1. The molecule has 1 heterocycles. The summed E-state index contributed by atoms with van der Waals surface area (Å²) < 4.78 is 28.2. The van der Waals surface area contributed by atoms with Gasteiger partial charge in [-0.25, -0.2) is 0 Å². The SMILES string of the molecule is CCC(CC)N(C)S(=O)(=O)N1CCCC(CN)C1. The summed E-state index contributed by atoms with van der Waals surface area (Å²) in [7, 11) is -1.62. The molecular weight excluding hydrogens is 250 g/mol. The summed E-state index contributed by atoms with van der Waals surface area (Å²) in [5, 5.41) is 0. The highest BCUT2D eigenvalue weighted by Crippen LogP contribution is 2.22. The highest BCUT2D eigenvalue weighted by atomic mass is 32.2. The minimum Gasteiger partial charge on any atom is -0.330 e. The molecule has 0 spiro atoms. The van der Waals surface area contributed by atoms with E-state index >= 15 is 0 Å². The Labute approximate surface area is 112 Å². The molecule has 0 radical (unpaired) electrons. The Morgan fingerprint density at radius 3 is 2.50 bits per heavy atom. The molecule has 1 saturated heterocycles. The van der Waals surface area contributed by atoms with E-state index in [4.69, 9.17) is 5.73 Å². The largest absolute Gasteiger partial charge is 0.330 e. The van der Waals surface area contributed by atoms with Crippen molar-refractivity contribution in [1.82, 2.24) is 8.61 Å². The highest BCUT2D eigenvalue weighted by molar-refractivity contribution is 7.86. The van der Waals surface area contributed by atoms with Crippen LogP contribution in [0.3, 0.4) is 0 Å². The Bertz CT molecular complexity index is 341. The van der Waals surface area contributed by atoms with Crippen molar-refractivity contribution in [3.05, 3.63) is 0 Å². The fourth-order valence-electron chi connectivity index (χ4n) is 2.60. The zero-order valence-electron chi connectivity index (χ0n) is 11.8. The van der Waals surface area contributed by atoms with Gasteiger partial charge < -0.3 is 5.73 Å². The van der Waals surface area contributed by atoms with Gasteiger partial charge in [-0.3, -0.25) is 0 Å². The molecule has 5 nitrogen and oxygen atoms in total. The van der Waals surface area contributed by atoms with Crippen LogP contribution in [0.5, 0.6) is 0 Å². The molecular formula is C12H27N3O2S. The summed E-state index contributed by atoms with van der Waals surface area (Å²) in [5.74, 6) is 0.309. The lowest BCUT2D eigenvalue weighted by molar-refractivity contribution is 0.242. The van der Waals surface area contributed by atoms with Gasteiger partial charge in [-0.1, -0.05) is 13.8 Å². The maximum atomic E-state index is 12.5. The third-order valence-electron chi connectivity index (χ3n) is 3.96. The van der Waals surface area contributed by atoms with Gasteiger partial charge in [-0.15, -0.1) is 0 Å². The van der Waals surface area contributed by atoms with Crippen LogP contribution in [0.2, 0.25) is 0 Å². The van der Waals surface area contributed by atoms with Crippen LogP contribution < -0.4 is 5.73 Å². The van der Waals surface area contributed by atoms with Crippen molar-refractivity contribution in [3.63, 3.8) is 0 Å². The number of hydrogen-bond donors (Lipinski definition) is 1. The van der Waals surface area contributed by atoms with Gasteiger partial charge in [0.05, 0.1) is 0 Å². The Hall–Kier alpha value is -0.170. The number of rotatable bonds is 6. The van der Waals surface area contributed by atoms with Crippen LogP contribution in [0.4, 0.5) is 0 Å². The second-order valence-electron chi connectivity index (χ2n) is 5.10. The van der Waals surface area contributed by atoms with Gasteiger partial charge in [0.25, 0.3) is 10.2 Å². The van der Waals surface area contributed by atoms with Crippen molar-refractivity contribution in [2.24, 2.45) is 11.7 Å². The van der Waals surface area contributed by atoms with E-state index in [1.165, 1.54) is 4.31 Å². The van der Waals surface area contributed by atoms with Gasteiger partial charge in [0, 0.05) is 26.2 Å². The fraction of sp³-hybridized carbons (Fsp3) is 1.00. The van der Waals surface area contributed by atoms with Crippen molar-refractivity contribution in [2.45, 2.75) is 45.6 Å². The molecule has 2 N–H and O–H groups in total. The molecule has 1 aliphatic rings. The number of hydrogen-bond acceptors (Lipinski definition) is 3. The van der Waals surface area contributed by atoms with Crippen LogP contribution in [0.1, 0.15) is 39.5 Å². The molecule has 1 fully saturated rings. The van der Waals surface area contributed by atoms with Crippen molar-refractivity contribution in [3.8, 4) is 0 Å². The van der Waals surface area contributed by atoms with E-state index in [2.05, 4.69) is 0 Å². The first-order valence-electron chi connectivity index (χ1n) is 6.90. The second-order valence-corrected chi connectivity index (χ2v) is 7.08. The minimum atomic E-state index is -3.32. The lowest BCUT2D eigenvalue weighted by Gasteiger charge is -2.36. The molecule has 0 aliphatic carbocycles. The summed E-state index contributed by atoms with van der Waals surface area (Å²) in [6.45, 7) is 5.82. The third kappa shape index (κ3) is 3.44. The molecule has 0 aromatic heterocycles. The predicted molar refractivity (Wildman–Crippen MR) is 74.4 cm³/mol. The van der Waals surface area contributed by atoms with Crippen LogP contribution in [0.25, 0.3) is 0 Å². The number of nitrogens with zero attached hydrogens (tertiary/aromatic N) is 2. The van der Waals surface area contributed by atoms with E-state index in [1.54, 1.807) is 11.4 Å². The van der Waals surface area contributed by atoms with Gasteiger partial charge in [0.1, 0.15) is 0 Å². The van der Waals surface area contributed by atoms with Gasteiger partial charge in [0.2, 0.25) is 0 Å². The molecule has 1 rings (SSSR count). The third-order valence-corrected chi connectivity index (χ3v) is 5.97. The van der Waals surface area contributed by atoms with E-state index in [0.29, 0.717) is 25.6 Å². The van der Waals surface area contributed by atoms with Crippen LogP contribution in [-0.2, 0) is 10.2 Å². The summed E-state index contributed by atoms with van der Waals surface area (Å²) in [6, 6.07) is 0.0910. The van der Waals surface area contributed by atoms with Gasteiger partial charge >= 0.3 is 0 Å². The minimum absolute atomic E-state index is 0.0910. The smallest absolute Gasteiger partial charge is 0.281 e. The molecule has 108 valence electrons. The lowest BCUT2D eigenvalue weighted by atomic mass is 10.0. The number of nitrogens with two attached hydrogens (primary N) is 1. The average molecular weight is 277 g/mol. The lowest BCUT2D eigenvalue weighted by Crippen LogP contribution is -2.50. The Balaban J connectivity index is 2.78. The first-order valence-corrected chi connectivity index (χ1v) is 8.30. The molecule has 1 atom stereocenters. The normalized spacial score (nSPS) is 22.9. The van der Waals surface area contributed by atoms with Crippen molar-refractivity contribution in [2.75, 3.05) is 26.7 Å². The molecule has 0 aromatic rings. The molecule has 1 aliphatic heterocycles. The summed E-state index contributed by atoms with van der Waals surface area (Å²) in [4.78, 5) is 0. The van der Waals surface area contributed by atoms with Crippen LogP contribution in [0.15, 0.2) is 0 Å². The first kappa shape index (κ1) is 15.9. The Morgan fingerprint density at radius 2 is 2.00 bits per heavy atom. The van der Waals surface area contributed by atoms with Crippen LogP contribution in [0, 0.1) is 5.92 Å². The molecule has 18 heavy (non-hydrogen) atoms. The van der Waals surface area contributed by atoms with Crippen molar-refractivity contribution >= 4 is 10.2 Å². The topological polar surface area (TPSA) is 66.6 Å². The molecule has 0 amide bonds. The maximum Gasteiger partial charge on any atom is 0.281 e. The predicted octanol–water partition coefficient (Wildman–Crippen LogP) is 1.02. The van der Waals surface area contributed by atoms with Crippen molar-refractivity contribution in [1.29, 1.82) is 0 Å². The monoisotopic (exact) mass is 277 g/mol.